The highest BCUT2D eigenvalue weighted by atomic mass is 79.9. The number of anilines is 1. The van der Waals surface area contributed by atoms with Crippen molar-refractivity contribution in [1.82, 2.24) is 9.88 Å². The SMILES string of the molecule is CCCN(C)C(=O)c1ccc(NC(c2oc3ccc(Br)nc3c2C)C2CCCCC2)cc1. The zero-order valence-electron chi connectivity index (χ0n) is 19.2. The molecule has 6 heteroatoms. The number of aryl methyl sites for hydroxylation is 1. The fraction of sp³-hybridized carbons (Fsp3) is 0.462. The normalized spacial score (nSPS) is 15.6. The summed E-state index contributed by atoms with van der Waals surface area (Å²) in [5.41, 5.74) is 4.55. The highest BCUT2D eigenvalue weighted by Crippen LogP contribution is 2.40. The Balaban J connectivity index is 1.62. The Morgan fingerprint density at radius 2 is 1.91 bits per heavy atom. The van der Waals surface area contributed by atoms with Crippen molar-refractivity contribution in [2.45, 2.75) is 58.4 Å². The van der Waals surface area contributed by atoms with Crippen LogP contribution in [-0.4, -0.2) is 29.4 Å². The van der Waals surface area contributed by atoms with Crippen molar-refractivity contribution in [3.63, 3.8) is 0 Å². The van der Waals surface area contributed by atoms with Gasteiger partial charge in [0, 0.05) is 30.4 Å². The molecule has 1 atom stereocenters. The zero-order chi connectivity index (χ0) is 22.7. The number of nitrogens with zero attached hydrogens (tertiary/aromatic N) is 2. The Bertz CT molecular complexity index is 1070. The molecule has 1 aromatic carbocycles. The Morgan fingerprint density at radius 3 is 2.59 bits per heavy atom. The van der Waals surface area contributed by atoms with E-state index in [9.17, 15) is 4.79 Å². The summed E-state index contributed by atoms with van der Waals surface area (Å²) in [6.45, 7) is 4.94. The summed E-state index contributed by atoms with van der Waals surface area (Å²) in [4.78, 5) is 19.0. The Labute approximate surface area is 198 Å². The molecule has 0 spiro atoms. The van der Waals surface area contributed by atoms with E-state index in [0.29, 0.717) is 5.92 Å². The third-order valence-electron chi connectivity index (χ3n) is 6.53. The number of furan rings is 1. The maximum atomic E-state index is 12.6. The summed E-state index contributed by atoms with van der Waals surface area (Å²) in [5.74, 6) is 1.54. The monoisotopic (exact) mass is 497 g/mol. The van der Waals surface area contributed by atoms with Gasteiger partial charge >= 0.3 is 0 Å². The van der Waals surface area contributed by atoms with E-state index < -0.39 is 0 Å². The van der Waals surface area contributed by atoms with Crippen molar-refractivity contribution in [3.8, 4) is 0 Å². The van der Waals surface area contributed by atoms with Crippen LogP contribution in [-0.2, 0) is 0 Å². The number of amides is 1. The van der Waals surface area contributed by atoms with E-state index in [-0.39, 0.29) is 11.9 Å². The van der Waals surface area contributed by atoms with Crippen molar-refractivity contribution in [1.29, 1.82) is 0 Å². The van der Waals surface area contributed by atoms with Gasteiger partial charge in [-0.1, -0.05) is 26.2 Å². The van der Waals surface area contributed by atoms with E-state index in [4.69, 9.17) is 4.42 Å². The summed E-state index contributed by atoms with van der Waals surface area (Å²) in [7, 11) is 1.86. The molecule has 3 aromatic rings. The van der Waals surface area contributed by atoms with Gasteiger partial charge in [-0.25, -0.2) is 4.98 Å². The van der Waals surface area contributed by atoms with Gasteiger partial charge in [-0.05, 0) is 84.4 Å². The first-order valence-electron chi connectivity index (χ1n) is 11.7. The smallest absolute Gasteiger partial charge is 0.253 e. The fourth-order valence-corrected chi connectivity index (χ4v) is 5.10. The van der Waals surface area contributed by atoms with Crippen LogP contribution in [0.5, 0.6) is 0 Å². The zero-order valence-corrected chi connectivity index (χ0v) is 20.7. The van der Waals surface area contributed by atoms with Crippen molar-refractivity contribution < 1.29 is 9.21 Å². The number of carbonyl (C=O) groups excluding carboxylic acids is 1. The molecule has 0 saturated heterocycles. The number of pyridine rings is 1. The highest BCUT2D eigenvalue weighted by Gasteiger charge is 2.30. The van der Waals surface area contributed by atoms with Gasteiger partial charge in [0.25, 0.3) is 5.91 Å². The second-order valence-corrected chi connectivity index (χ2v) is 9.71. The summed E-state index contributed by atoms with van der Waals surface area (Å²) in [6.07, 6.45) is 7.13. The number of hydrogen-bond donors (Lipinski definition) is 1. The molecule has 2 heterocycles. The molecule has 1 fully saturated rings. The van der Waals surface area contributed by atoms with E-state index in [1.807, 2.05) is 43.4 Å². The van der Waals surface area contributed by atoms with Crippen LogP contribution in [0.2, 0.25) is 0 Å². The molecule has 5 nitrogen and oxygen atoms in total. The van der Waals surface area contributed by atoms with E-state index in [1.165, 1.54) is 32.1 Å². The average Bonchev–Trinajstić information content (AvgIpc) is 3.13. The van der Waals surface area contributed by atoms with Crippen LogP contribution < -0.4 is 5.32 Å². The molecular weight excluding hydrogens is 466 g/mol. The number of rotatable bonds is 7. The molecule has 1 unspecified atom stereocenters. The van der Waals surface area contributed by atoms with Crippen molar-refractivity contribution in [2.24, 2.45) is 5.92 Å². The third-order valence-corrected chi connectivity index (χ3v) is 6.97. The van der Waals surface area contributed by atoms with Crippen LogP contribution in [0, 0.1) is 12.8 Å². The molecule has 0 radical (unpaired) electrons. The standard InChI is InChI=1S/C26H32BrN3O2/c1-4-16-30(3)26(31)19-10-12-20(13-11-19)28-24(18-8-6-5-7-9-18)25-17(2)23-21(32-25)14-15-22(27)29-23/h10-15,18,24,28H,4-9,16H2,1-3H3. The lowest BCUT2D eigenvalue weighted by Gasteiger charge is -2.31. The molecule has 170 valence electrons. The van der Waals surface area contributed by atoms with Gasteiger partial charge in [-0.2, -0.15) is 0 Å². The minimum Gasteiger partial charge on any atom is -0.457 e. The number of fused-ring (bicyclic) bond motifs is 1. The van der Waals surface area contributed by atoms with Gasteiger partial charge in [-0.15, -0.1) is 0 Å². The summed E-state index contributed by atoms with van der Waals surface area (Å²) in [5, 5.41) is 3.74. The maximum Gasteiger partial charge on any atom is 0.253 e. The van der Waals surface area contributed by atoms with Crippen LogP contribution in [0.15, 0.2) is 45.4 Å². The van der Waals surface area contributed by atoms with Crippen LogP contribution in [0.1, 0.15) is 73.2 Å². The Hall–Kier alpha value is -2.34. The number of aromatic nitrogens is 1. The lowest BCUT2D eigenvalue weighted by Crippen LogP contribution is -2.27. The molecule has 4 rings (SSSR count). The van der Waals surface area contributed by atoms with Crippen LogP contribution in [0.3, 0.4) is 0 Å². The summed E-state index contributed by atoms with van der Waals surface area (Å²) < 4.78 is 7.17. The van der Waals surface area contributed by atoms with Crippen molar-refractivity contribution >= 4 is 38.6 Å². The summed E-state index contributed by atoms with van der Waals surface area (Å²) >= 11 is 3.48. The van der Waals surface area contributed by atoms with Crippen LogP contribution >= 0.6 is 15.9 Å². The van der Waals surface area contributed by atoms with Gasteiger partial charge in [0.2, 0.25) is 0 Å². The quantitative estimate of drug-likeness (QED) is 0.353. The number of hydrogen-bond acceptors (Lipinski definition) is 4. The second-order valence-electron chi connectivity index (χ2n) is 8.90. The molecule has 1 aliphatic rings. The average molecular weight is 498 g/mol. The number of benzene rings is 1. The molecule has 2 aromatic heterocycles. The Kier molecular flexibility index (Phi) is 7.19. The van der Waals surface area contributed by atoms with Gasteiger partial charge in [-0.3, -0.25) is 4.79 Å². The van der Waals surface area contributed by atoms with Gasteiger partial charge in [0.1, 0.15) is 15.9 Å². The van der Waals surface area contributed by atoms with Crippen molar-refractivity contribution in [2.75, 3.05) is 18.9 Å². The first-order valence-corrected chi connectivity index (χ1v) is 12.4. The van der Waals surface area contributed by atoms with Gasteiger partial charge in [0.15, 0.2) is 5.58 Å². The fourth-order valence-electron chi connectivity index (χ4n) is 4.79. The topological polar surface area (TPSA) is 58.4 Å². The molecule has 32 heavy (non-hydrogen) atoms. The number of nitrogens with one attached hydrogen (secondary N) is 1. The molecule has 0 aliphatic heterocycles. The van der Waals surface area contributed by atoms with Gasteiger partial charge in [0.05, 0.1) is 6.04 Å². The number of halogens is 1. The lowest BCUT2D eigenvalue weighted by molar-refractivity contribution is 0.0795. The minimum atomic E-state index is 0.0620. The van der Waals surface area contributed by atoms with Crippen molar-refractivity contribution in [3.05, 3.63) is 57.9 Å². The summed E-state index contributed by atoms with van der Waals surface area (Å²) in [6, 6.07) is 11.8. The predicted octanol–water partition coefficient (Wildman–Crippen LogP) is 7.11. The minimum absolute atomic E-state index is 0.0620. The molecule has 1 aliphatic carbocycles. The van der Waals surface area contributed by atoms with Crippen LogP contribution in [0.4, 0.5) is 5.69 Å². The van der Waals surface area contributed by atoms with E-state index in [2.05, 4.69) is 40.1 Å². The highest BCUT2D eigenvalue weighted by molar-refractivity contribution is 9.10. The molecule has 1 N–H and O–H groups in total. The first-order chi connectivity index (χ1) is 15.5. The Morgan fingerprint density at radius 1 is 1.19 bits per heavy atom. The number of carbonyl (C=O) groups is 1. The molecule has 0 bridgehead atoms. The molecular formula is C26H32BrN3O2. The largest absolute Gasteiger partial charge is 0.457 e. The third kappa shape index (κ3) is 4.85. The molecule has 1 amide bonds. The molecule has 1 saturated carbocycles. The first kappa shape index (κ1) is 22.8. The predicted molar refractivity (Wildman–Crippen MR) is 133 cm³/mol. The van der Waals surface area contributed by atoms with E-state index in [1.54, 1.807) is 4.90 Å². The van der Waals surface area contributed by atoms with Gasteiger partial charge < -0.3 is 14.6 Å². The van der Waals surface area contributed by atoms with E-state index in [0.717, 1.165) is 51.2 Å². The second kappa shape index (κ2) is 10.1. The van der Waals surface area contributed by atoms with E-state index >= 15 is 0 Å². The lowest BCUT2D eigenvalue weighted by atomic mass is 9.82. The van der Waals surface area contributed by atoms with Crippen LogP contribution in [0.25, 0.3) is 11.1 Å². The maximum absolute atomic E-state index is 12.6.